The molecule has 0 saturated heterocycles. The van der Waals surface area contributed by atoms with E-state index in [9.17, 15) is 19.7 Å². The molecule has 0 aliphatic carbocycles. The highest BCUT2D eigenvalue weighted by molar-refractivity contribution is 6.21. The number of hydrogen-bond acceptors (Lipinski definition) is 6. The molecule has 1 aromatic heterocycles. The maximum atomic E-state index is 12.7. The van der Waals surface area contributed by atoms with Crippen LogP contribution in [0.5, 0.6) is 11.5 Å². The lowest BCUT2D eigenvalue weighted by molar-refractivity contribution is -0.384. The first kappa shape index (κ1) is 18.4. The Morgan fingerprint density at radius 2 is 1.69 bits per heavy atom. The van der Waals surface area contributed by atoms with E-state index in [1.54, 1.807) is 24.7 Å². The van der Waals surface area contributed by atoms with Crippen molar-refractivity contribution in [2.75, 3.05) is 6.54 Å². The quantitative estimate of drug-likeness (QED) is 0.347. The number of aromatic nitrogens is 2. The summed E-state index contributed by atoms with van der Waals surface area (Å²) in [6.45, 7) is 0.963. The summed E-state index contributed by atoms with van der Waals surface area (Å²) in [7, 11) is 0. The van der Waals surface area contributed by atoms with Gasteiger partial charge in [-0.05, 0) is 36.8 Å². The van der Waals surface area contributed by atoms with Crippen molar-refractivity contribution in [1.82, 2.24) is 14.5 Å². The lowest BCUT2D eigenvalue weighted by Gasteiger charge is -2.13. The third-order valence-corrected chi connectivity index (χ3v) is 4.58. The third kappa shape index (κ3) is 3.70. The standard InChI is InChI=1S/C20H16N4O5/c25-19-17-7-6-16(29-15-4-2-14(3-5-15)24(27)28)12-18(17)20(26)23(19)10-1-9-22-11-8-21-13-22/h2-8,11-13H,1,9-10H2. The van der Waals surface area contributed by atoms with E-state index in [4.69, 9.17) is 4.74 Å². The van der Waals surface area contributed by atoms with Gasteiger partial charge in [-0.2, -0.15) is 0 Å². The first-order valence-corrected chi connectivity index (χ1v) is 8.91. The number of nitro benzene ring substituents is 1. The summed E-state index contributed by atoms with van der Waals surface area (Å²) in [5.74, 6) is 0.0887. The normalized spacial score (nSPS) is 12.9. The summed E-state index contributed by atoms with van der Waals surface area (Å²) in [4.78, 5) is 40.7. The van der Waals surface area contributed by atoms with Crippen molar-refractivity contribution >= 4 is 17.5 Å². The zero-order valence-electron chi connectivity index (χ0n) is 15.2. The molecular formula is C20H16N4O5. The number of rotatable bonds is 7. The average molecular weight is 392 g/mol. The lowest BCUT2D eigenvalue weighted by atomic mass is 10.1. The van der Waals surface area contributed by atoms with Crippen LogP contribution in [-0.2, 0) is 6.54 Å². The predicted molar refractivity (Wildman–Crippen MR) is 102 cm³/mol. The van der Waals surface area contributed by atoms with Crippen LogP contribution < -0.4 is 4.74 Å². The smallest absolute Gasteiger partial charge is 0.269 e. The number of nitro groups is 1. The number of imidazole rings is 1. The van der Waals surface area contributed by atoms with Crippen LogP contribution in [0.15, 0.2) is 61.2 Å². The summed E-state index contributed by atoms with van der Waals surface area (Å²) in [6, 6.07) is 10.3. The second-order valence-electron chi connectivity index (χ2n) is 6.48. The molecular weight excluding hydrogens is 376 g/mol. The van der Waals surface area contributed by atoms with Crippen molar-refractivity contribution in [1.29, 1.82) is 0 Å². The summed E-state index contributed by atoms with van der Waals surface area (Å²) < 4.78 is 7.56. The molecule has 9 nitrogen and oxygen atoms in total. The minimum atomic E-state index is -0.495. The van der Waals surface area contributed by atoms with Gasteiger partial charge in [0.1, 0.15) is 11.5 Å². The Hall–Kier alpha value is -4.01. The van der Waals surface area contributed by atoms with Crippen molar-refractivity contribution in [2.24, 2.45) is 0 Å². The summed E-state index contributed by atoms with van der Waals surface area (Å²) in [6.07, 6.45) is 5.80. The molecule has 0 bridgehead atoms. The zero-order valence-corrected chi connectivity index (χ0v) is 15.2. The maximum Gasteiger partial charge on any atom is 0.269 e. The van der Waals surface area contributed by atoms with E-state index in [1.807, 2.05) is 10.8 Å². The van der Waals surface area contributed by atoms with Crippen molar-refractivity contribution in [3.8, 4) is 11.5 Å². The Labute approximate surface area is 165 Å². The van der Waals surface area contributed by atoms with Gasteiger partial charge in [0.25, 0.3) is 17.5 Å². The molecule has 0 spiro atoms. The number of aryl methyl sites for hydroxylation is 1. The third-order valence-electron chi connectivity index (χ3n) is 4.58. The van der Waals surface area contributed by atoms with Gasteiger partial charge < -0.3 is 9.30 Å². The highest BCUT2D eigenvalue weighted by atomic mass is 16.6. The van der Waals surface area contributed by atoms with Crippen LogP contribution in [0, 0.1) is 10.1 Å². The van der Waals surface area contributed by atoms with Crippen LogP contribution in [0.3, 0.4) is 0 Å². The number of nitrogens with zero attached hydrogens (tertiary/aromatic N) is 4. The first-order chi connectivity index (χ1) is 14.0. The van der Waals surface area contributed by atoms with Gasteiger partial charge in [-0.15, -0.1) is 0 Å². The van der Waals surface area contributed by atoms with E-state index < -0.39 is 4.92 Å². The fraction of sp³-hybridized carbons (Fsp3) is 0.150. The average Bonchev–Trinajstić information content (AvgIpc) is 3.31. The number of benzene rings is 2. The Morgan fingerprint density at radius 3 is 2.38 bits per heavy atom. The van der Waals surface area contributed by atoms with Gasteiger partial charge in [0.2, 0.25) is 0 Å². The van der Waals surface area contributed by atoms with Crippen LogP contribution in [0.2, 0.25) is 0 Å². The summed E-state index contributed by atoms with van der Waals surface area (Å²) >= 11 is 0. The minimum Gasteiger partial charge on any atom is -0.457 e. The van der Waals surface area contributed by atoms with Crippen molar-refractivity contribution < 1.29 is 19.2 Å². The monoisotopic (exact) mass is 392 g/mol. The zero-order chi connectivity index (χ0) is 20.4. The highest BCUT2D eigenvalue weighted by Gasteiger charge is 2.35. The van der Waals surface area contributed by atoms with Crippen LogP contribution in [-0.4, -0.2) is 37.7 Å². The number of amides is 2. The lowest BCUT2D eigenvalue weighted by Crippen LogP contribution is -2.31. The molecule has 0 unspecified atom stereocenters. The van der Waals surface area contributed by atoms with Crippen LogP contribution >= 0.6 is 0 Å². The molecule has 0 N–H and O–H groups in total. The van der Waals surface area contributed by atoms with Crippen LogP contribution in [0.25, 0.3) is 0 Å². The highest BCUT2D eigenvalue weighted by Crippen LogP contribution is 2.30. The molecule has 0 radical (unpaired) electrons. The summed E-state index contributed by atoms with van der Waals surface area (Å²) in [5, 5.41) is 10.7. The molecule has 9 heteroatoms. The maximum absolute atomic E-state index is 12.7. The van der Waals surface area contributed by atoms with Gasteiger partial charge in [-0.25, -0.2) is 4.98 Å². The molecule has 4 rings (SSSR count). The molecule has 1 aliphatic heterocycles. The van der Waals surface area contributed by atoms with E-state index in [2.05, 4.69) is 4.98 Å². The van der Waals surface area contributed by atoms with Crippen molar-refractivity contribution in [3.05, 3.63) is 82.4 Å². The molecule has 2 amide bonds. The van der Waals surface area contributed by atoms with Gasteiger partial charge in [0.05, 0.1) is 22.4 Å². The van der Waals surface area contributed by atoms with E-state index in [1.165, 1.54) is 35.2 Å². The fourth-order valence-electron chi connectivity index (χ4n) is 3.14. The molecule has 2 aromatic carbocycles. The summed E-state index contributed by atoms with van der Waals surface area (Å²) in [5.41, 5.74) is 0.587. The van der Waals surface area contributed by atoms with E-state index >= 15 is 0 Å². The van der Waals surface area contributed by atoms with Gasteiger partial charge in [-0.3, -0.25) is 24.6 Å². The number of hydrogen-bond donors (Lipinski definition) is 0. The fourth-order valence-corrected chi connectivity index (χ4v) is 3.14. The molecule has 0 saturated carbocycles. The molecule has 0 fully saturated rings. The SMILES string of the molecule is O=C1c2ccc(Oc3ccc([N+](=O)[O-])cc3)cc2C(=O)N1CCCn1ccnc1. The number of fused-ring (bicyclic) bond motifs is 1. The molecule has 0 atom stereocenters. The van der Waals surface area contributed by atoms with Crippen LogP contribution in [0.4, 0.5) is 5.69 Å². The van der Waals surface area contributed by atoms with Gasteiger partial charge >= 0.3 is 0 Å². The van der Waals surface area contributed by atoms with Gasteiger partial charge in [-0.1, -0.05) is 0 Å². The van der Waals surface area contributed by atoms with E-state index in [0.717, 1.165) is 0 Å². The van der Waals surface area contributed by atoms with E-state index in [0.29, 0.717) is 36.6 Å². The Morgan fingerprint density at radius 1 is 0.966 bits per heavy atom. The van der Waals surface area contributed by atoms with Gasteiger partial charge in [0.15, 0.2) is 0 Å². The molecule has 2 heterocycles. The molecule has 29 heavy (non-hydrogen) atoms. The predicted octanol–water partition coefficient (Wildman–Crippen LogP) is 3.27. The van der Waals surface area contributed by atoms with Gasteiger partial charge in [0, 0.05) is 37.6 Å². The second kappa shape index (κ2) is 7.55. The molecule has 146 valence electrons. The Bertz CT molecular complexity index is 1080. The number of imide groups is 1. The van der Waals surface area contributed by atoms with Crippen molar-refractivity contribution in [3.63, 3.8) is 0 Å². The number of ether oxygens (including phenoxy) is 1. The number of non-ortho nitro benzene ring substituents is 1. The van der Waals surface area contributed by atoms with Crippen molar-refractivity contribution in [2.45, 2.75) is 13.0 Å². The second-order valence-corrected chi connectivity index (χ2v) is 6.48. The first-order valence-electron chi connectivity index (χ1n) is 8.91. The Balaban J connectivity index is 1.45. The van der Waals surface area contributed by atoms with E-state index in [-0.39, 0.29) is 23.1 Å². The molecule has 1 aliphatic rings. The van der Waals surface area contributed by atoms with Crippen LogP contribution in [0.1, 0.15) is 27.1 Å². The number of carbonyl (C=O) groups is 2. The minimum absolute atomic E-state index is 0.0431. The Kier molecular flexibility index (Phi) is 4.78. The topological polar surface area (TPSA) is 108 Å². The number of carbonyl (C=O) groups excluding carboxylic acids is 2. The molecule has 3 aromatic rings. The largest absolute Gasteiger partial charge is 0.457 e.